The van der Waals surface area contributed by atoms with E-state index in [-0.39, 0.29) is 11.8 Å². The molecule has 2 unspecified atom stereocenters. The van der Waals surface area contributed by atoms with Gasteiger partial charge in [0, 0.05) is 12.1 Å². The largest absolute Gasteiger partial charge is 0.288 e. The van der Waals surface area contributed by atoms with Crippen LogP contribution in [0.4, 0.5) is 0 Å². The van der Waals surface area contributed by atoms with E-state index >= 15 is 0 Å². The summed E-state index contributed by atoms with van der Waals surface area (Å²) in [7, 11) is 0. The van der Waals surface area contributed by atoms with Crippen molar-refractivity contribution < 1.29 is 4.79 Å². The smallest absolute Gasteiger partial charge is 0.239 e. The first-order chi connectivity index (χ1) is 8.70. The van der Waals surface area contributed by atoms with Gasteiger partial charge in [0.1, 0.15) is 0 Å². The minimum atomic E-state index is 0.241. The molecular formula is C15H28N2O. The van der Waals surface area contributed by atoms with Gasteiger partial charge in [0.25, 0.3) is 0 Å². The lowest BCUT2D eigenvalue weighted by Gasteiger charge is -2.29. The number of hydrogen-bond acceptors (Lipinski definition) is 2. The van der Waals surface area contributed by atoms with Crippen molar-refractivity contribution in [2.45, 2.75) is 83.7 Å². The first kappa shape index (κ1) is 13.9. The first-order valence-electron chi connectivity index (χ1n) is 7.79. The van der Waals surface area contributed by atoms with Gasteiger partial charge in [0.2, 0.25) is 5.91 Å². The van der Waals surface area contributed by atoms with Crippen molar-refractivity contribution in [3.05, 3.63) is 0 Å². The molecule has 0 radical (unpaired) electrons. The highest BCUT2D eigenvalue weighted by Gasteiger charge is 2.40. The molecule has 1 saturated carbocycles. The zero-order valence-electron chi connectivity index (χ0n) is 12.0. The average molecular weight is 252 g/mol. The van der Waals surface area contributed by atoms with Gasteiger partial charge in [-0.1, -0.05) is 44.9 Å². The number of rotatable bonds is 1. The highest BCUT2D eigenvalue weighted by atomic mass is 16.2. The van der Waals surface area contributed by atoms with E-state index in [1.54, 1.807) is 0 Å². The Morgan fingerprint density at radius 3 is 2.17 bits per heavy atom. The summed E-state index contributed by atoms with van der Waals surface area (Å²) in [5.74, 6) is 0.512. The van der Waals surface area contributed by atoms with Crippen LogP contribution in [0.3, 0.4) is 0 Å². The molecule has 3 nitrogen and oxygen atoms in total. The molecule has 1 aliphatic heterocycles. The summed E-state index contributed by atoms with van der Waals surface area (Å²) in [6, 6.07) is 0.852. The summed E-state index contributed by atoms with van der Waals surface area (Å²) >= 11 is 0. The van der Waals surface area contributed by atoms with Crippen molar-refractivity contribution in [2.75, 3.05) is 0 Å². The zero-order valence-corrected chi connectivity index (χ0v) is 12.0. The predicted octanol–water partition coefficient (Wildman–Crippen LogP) is 3.25. The van der Waals surface area contributed by atoms with E-state index in [0.29, 0.717) is 12.1 Å². The minimum absolute atomic E-state index is 0.241. The molecule has 0 aromatic carbocycles. The van der Waals surface area contributed by atoms with Gasteiger partial charge in [0.15, 0.2) is 0 Å². The molecule has 18 heavy (non-hydrogen) atoms. The monoisotopic (exact) mass is 252 g/mol. The normalized spacial score (nSPS) is 31.8. The lowest BCUT2D eigenvalue weighted by Crippen LogP contribution is -2.43. The van der Waals surface area contributed by atoms with Crippen LogP contribution >= 0.6 is 0 Å². The second-order valence-electron chi connectivity index (χ2n) is 6.20. The van der Waals surface area contributed by atoms with Crippen LogP contribution in [0.1, 0.15) is 71.6 Å². The highest BCUT2D eigenvalue weighted by molar-refractivity contribution is 5.81. The zero-order chi connectivity index (χ0) is 13.0. The molecule has 0 aromatic heterocycles. The summed E-state index contributed by atoms with van der Waals surface area (Å²) in [6.07, 6.45) is 11.5. The number of nitrogens with zero attached hydrogens (tertiary/aromatic N) is 1. The van der Waals surface area contributed by atoms with E-state index < -0.39 is 0 Å². The molecule has 1 amide bonds. The van der Waals surface area contributed by atoms with Crippen molar-refractivity contribution in [3.8, 4) is 0 Å². The topological polar surface area (TPSA) is 32.3 Å². The van der Waals surface area contributed by atoms with Crippen LogP contribution in [0.2, 0.25) is 0 Å². The van der Waals surface area contributed by atoms with E-state index in [0.717, 1.165) is 6.42 Å². The van der Waals surface area contributed by atoms with Crippen molar-refractivity contribution in [1.82, 2.24) is 10.4 Å². The molecule has 2 fully saturated rings. The Balaban J connectivity index is 2.03. The van der Waals surface area contributed by atoms with Crippen LogP contribution in [0.15, 0.2) is 0 Å². The molecule has 1 N–H and O–H groups in total. The van der Waals surface area contributed by atoms with Gasteiger partial charge in [-0.3, -0.25) is 10.2 Å². The number of hydrogen-bond donors (Lipinski definition) is 1. The highest BCUT2D eigenvalue weighted by Crippen LogP contribution is 2.30. The Morgan fingerprint density at radius 2 is 1.56 bits per heavy atom. The Labute approximate surface area is 111 Å². The molecule has 2 rings (SSSR count). The third-order valence-corrected chi connectivity index (χ3v) is 4.47. The molecule has 0 spiro atoms. The third-order valence-electron chi connectivity index (χ3n) is 4.47. The van der Waals surface area contributed by atoms with Crippen LogP contribution in [0, 0.1) is 5.92 Å². The van der Waals surface area contributed by atoms with Crippen molar-refractivity contribution in [2.24, 2.45) is 5.92 Å². The third kappa shape index (κ3) is 3.25. The van der Waals surface area contributed by atoms with Gasteiger partial charge in [-0.15, -0.1) is 0 Å². The van der Waals surface area contributed by atoms with E-state index in [2.05, 4.69) is 24.3 Å². The minimum Gasteiger partial charge on any atom is -0.288 e. The second kappa shape index (κ2) is 6.55. The molecule has 1 aliphatic carbocycles. The SMILES string of the molecule is CC(C)N1NC(=O)C2CCCCCCCCCC21. The van der Waals surface area contributed by atoms with Crippen LogP contribution in [0.5, 0.6) is 0 Å². The number of carbonyl (C=O) groups excluding carboxylic acids is 1. The standard InChI is InChI=1S/C15H28N2O/c1-12(2)17-14-11-9-7-5-3-4-6-8-10-13(14)15(18)16-17/h12-14H,3-11H2,1-2H3,(H,16,18). The van der Waals surface area contributed by atoms with E-state index in [4.69, 9.17) is 0 Å². The van der Waals surface area contributed by atoms with Gasteiger partial charge < -0.3 is 0 Å². The van der Waals surface area contributed by atoms with E-state index in [9.17, 15) is 4.79 Å². The summed E-state index contributed by atoms with van der Waals surface area (Å²) in [4.78, 5) is 12.1. The Kier molecular flexibility index (Phi) is 5.04. The molecule has 104 valence electrons. The molecule has 1 saturated heterocycles. The molecule has 0 bridgehead atoms. The lowest BCUT2D eigenvalue weighted by molar-refractivity contribution is -0.124. The quantitative estimate of drug-likeness (QED) is 0.777. The average Bonchev–Trinajstić information content (AvgIpc) is 2.62. The van der Waals surface area contributed by atoms with Crippen molar-refractivity contribution in [3.63, 3.8) is 0 Å². The molecule has 0 aromatic rings. The van der Waals surface area contributed by atoms with Crippen LogP contribution in [-0.2, 0) is 4.79 Å². The van der Waals surface area contributed by atoms with Gasteiger partial charge >= 0.3 is 0 Å². The van der Waals surface area contributed by atoms with Gasteiger partial charge in [-0.05, 0) is 26.7 Å². The Morgan fingerprint density at radius 1 is 1.00 bits per heavy atom. The fourth-order valence-electron chi connectivity index (χ4n) is 3.44. The maximum absolute atomic E-state index is 12.1. The van der Waals surface area contributed by atoms with Crippen LogP contribution < -0.4 is 5.43 Å². The maximum atomic E-state index is 12.1. The fraction of sp³-hybridized carbons (Fsp3) is 0.933. The summed E-state index contributed by atoms with van der Waals surface area (Å²) in [5, 5.41) is 2.21. The fourth-order valence-corrected chi connectivity index (χ4v) is 3.44. The Hall–Kier alpha value is -0.570. The van der Waals surface area contributed by atoms with Crippen molar-refractivity contribution >= 4 is 5.91 Å². The molecule has 2 atom stereocenters. The number of carbonyl (C=O) groups is 1. The molecule has 3 heteroatoms. The summed E-state index contributed by atoms with van der Waals surface area (Å²) in [6.45, 7) is 4.35. The van der Waals surface area contributed by atoms with Crippen LogP contribution in [0.25, 0.3) is 0 Å². The predicted molar refractivity (Wildman–Crippen MR) is 73.9 cm³/mol. The summed E-state index contributed by atoms with van der Waals surface area (Å²) < 4.78 is 0. The van der Waals surface area contributed by atoms with Gasteiger partial charge in [-0.25, -0.2) is 5.01 Å². The molecular weight excluding hydrogens is 224 g/mol. The summed E-state index contributed by atoms with van der Waals surface area (Å²) in [5.41, 5.74) is 3.10. The second-order valence-corrected chi connectivity index (χ2v) is 6.20. The number of nitrogens with one attached hydrogen (secondary N) is 1. The van der Waals surface area contributed by atoms with Gasteiger partial charge in [-0.2, -0.15) is 0 Å². The maximum Gasteiger partial charge on any atom is 0.239 e. The first-order valence-corrected chi connectivity index (χ1v) is 7.79. The van der Waals surface area contributed by atoms with Crippen LogP contribution in [-0.4, -0.2) is 23.0 Å². The van der Waals surface area contributed by atoms with E-state index in [1.165, 1.54) is 51.4 Å². The van der Waals surface area contributed by atoms with E-state index in [1.807, 2.05) is 0 Å². The number of hydrazine groups is 1. The van der Waals surface area contributed by atoms with Gasteiger partial charge in [0.05, 0.1) is 5.92 Å². The molecule has 2 aliphatic rings. The molecule has 1 heterocycles. The Bertz CT molecular complexity index is 278. The number of fused-ring (bicyclic) bond motifs is 1. The lowest BCUT2D eigenvalue weighted by atomic mass is 9.90. The number of amides is 1. The van der Waals surface area contributed by atoms with Crippen molar-refractivity contribution in [1.29, 1.82) is 0 Å².